The molecule has 0 saturated carbocycles. The molecule has 0 spiro atoms. The summed E-state index contributed by atoms with van der Waals surface area (Å²) in [6, 6.07) is 32.8. The van der Waals surface area contributed by atoms with Crippen molar-refractivity contribution >= 4 is 57.0 Å². The molecule has 0 aliphatic rings. The molecule has 2 nitrogen and oxygen atoms in total. The number of rotatable bonds is 6. The Hall–Kier alpha value is -2.77. The van der Waals surface area contributed by atoms with E-state index < -0.39 is 7.29 Å². The fourth-order valence-electron chi connectivity index (χ4n) is 3.24. The zero-order chi connectivity index (χ0) is 21.7. The van der Waals surface area contributed by atoms with Gasteiger partial charge in [0.05, 0.1) is 10.1 Å². The molecule has 0 aliphatic carbocycles. The predicted octanol–water partition coefficient (Wildman–Crippen LogP) is 9.00. The van der Waals surface area contributed by atoms with E-state index in [1.807, 2.05) is 103 Å². The quantitative estimate of drug-likeness (QED) is 0.289. The average Bonchev–Trinajstić information content (AvgIpc) is 2.80. The van der Waals surface area contributed by atoms with Gasteiger partial charge in [0.1, 0.15) is 0 Å². The summed E-state index contributed by atoms with van der Waals surface area (Å²) in [4.78, 5) is 0. The number of anilines is 1. The van der Waals surface area contributed by atoms with Crippen LogP contribution in [0.2, 0.25) is 0 Å². The Bertz CT molecular complexity index is 1240. The Labute approximate surface area is 192 Å². The van der Waals surface area contributed by atoms with Crippen LogP contribution in [0, 0.1) is 0 Å². The number of halogens is 2. The van der Waals surface area contributed by atoms with Gasteiger partial charge in [-0.05, 0) is 34.0 Å². The topological polar surface area (TPSA) is 29.1 Å². The largest absolute Gasteiger partial charge is 0.330 e. The van der Waals surface area contributed by atoms with Crippen LogP contribution in [0.4, 0.5) is 5.69 Å². The molecule has 0 fully saturated rings. The van der Waals surface area contributed by atoms with Crippen LogP contribution in [0.1, 0.15) is 11.1 Å². The molecule has 0 saturated heterocycles. The van der Waals surface area contributed by atoms with Crippen molar-refractivity contribution in [2.24, 2.45) is 0 Å². The van der Waals surface area contributed by atoms with Gasteiger partial charge in [-0.15, -0.1) is 0 Å². The third-order valence-corrected chi connectivity index (χ3v) is 7.61. The van der Waals surface area contributed by atoms with E-state index in [2.05, 4.69) is 5.09 Å². The van der Waals surface area contributed by atoms with Gasteiger partial charge >= 0.3 is 0 Å². The summed E-state index contributed by atoms with van der Waals surface area (Å²) in [7, 11) is -3.30. The minimum absolute atomic E-state index is 0.394. The Morgan fingerprint density at radius 2 is 1.13 bits per heavy atom. The normalized spacial score (nSPS) is 14.3. The summed E-state index contributed by atoms with van der Waals surface area (Å²) in [6.07, 6.45) is 0. The minimum Gasteiger partial charge on any atom is -0.330 e. The van der Waals surface area contributed by atoms with Gasteiger partial charge < -0.3 is 5.09 Å². The highest BCUT2D eigenvalue weighted by atomic mass is 35.5. The number of nitrogens with one attached hydrogen (secondary N) is 1. The lowest BCUT2D eigenvalue weighted by Crippen LogP contribution is -1.94. The molecule has 4 aromatic rings. The molecule has 1 N–H and O–H groups in total. The molecule has 0 heterocycles. The van der Waals surface area contributed by atoms with Gasteiger partial charge in [0.15, 0.2) is 0 Å². The summed E-state index contributed by atoms with van der Waals surface area (Å²) in [5, 5.41) is 6.13. The van der Waals surface area contributed by atoms with Gasteiger partial charge in [-0.25, -0.2) is 0 Å². The molecule has 4 rings (SSSR count). The summed E-state index contributed by atoms with van der Waals surface area (Å²) in [5.41, 5.74) is 2.30. The van der Waals surface area contributed by atoms with E-state index >= 15 is 0 Å². The lowest BCUT2D eigenvalue weighted by molar-refractivity contribution is 0.589. The van der Waals surface area contributed by atoms with Gasteiger partial charge in [0.2, 0.25) is 7.29 Å². The van der Waals surface area contributed by atoms with Crippen LogP contribution in [0.15, 0.2) is 115 Å². The van der Waals surface area contributed by atoms with E-state index in [9.17, 15) is 4.57 Å². The molecule has 154 valence electrons. The SMILES string of the molecule is O=P(C=C(Cl)c1ccccc1)(/C=C(\Cl)c1ccccc1)Nc1ccc2ccccc2c1. The molecule has 0 radical (unpaired) electrons. The maximum absolute atomic E-state index is 14.1. The van der Waals surface area contributed by atoms with Crippen LogP contribution in [0.25, 0.3) is 20.8 Å². The molecule has 4 aromatic carbocycles. The fraction of sp³-hybridized carbons (Fsp3) is 0. The van der Waals surface area contributed by atoms with Crippen LogP contribution in [-0.2, 0) is 4.57 Å². The molecule has 0 aromatic heterocycles. The first-order valence-corrected chi connectivity index (χ1v) is 12.4. The summed E-state index contributed by atoms with van der Waals surface area (Å²) >= 11 is 13.1. The maximum atomic E-state index is 14.1. The second-order valence-electron chi connectivity index (χ2n) is 7.07. The van der Waals surface area contributed by atoms with Gasteiger partial charge in [0.25, 0.3) is 0 Å². The Morgan fingerprint density at radius 3 is 1.68 bits per heavy atom. The molecular weight excluding hydrogens is 444 g/mol. The zero-order valence-electron chi connectivity index (χ0n) is 16.6. The Balaban J connectivity index is 1.76. The summed E-state index contributed by atoms with van der Waals surface area (Å²) < 4.78 is 14.1. The number of hydrogen-bond donors (Lipinski definition) is 1. The maximum Gasteiger partial charge on any atom is 0.216 e. The van der Waals surface area contributed by atoms with Crippen molar-refractivity contribution < 1.29 is 4.57 Å². The van der Waals surface area contributed by atoms with Gasteiger partial charge in [-0.3, -0.25) is 4.57 Å². The van der Waals surface area contributed by atoms with Crippen molar-refractivity contribution in [1.82, 2.24) is 0 Å². The number of fused-ring (bicyclic) bond motifs is 1. The lowest BCUT2D eigenvalue weighted by Gasteiger charge is -2.16. The second kappa shape index (κ2) is 9.58. The van der Waals surface area contributed by atoms with E-state index in [-0.39, 0.29) is 0 Å². The summed E-state index contributed by atoms with van der Waals surface area (Å²) in [6.45, 7) is 0. The van der Waals surface area contributed by atoms with Crippen LogP contribution in [-0.4, -0.2) is 0 Å². The van der Waals surface area contributed by atoms with Crippen LogP contribution in [0.3, 0.4) is 0 Å². The van der Waals surface area contributed by atoms with Gasteiger partial charge in [0, 0.05) is 17.3 Å². The van der Waals surface area contributed by atoms with Crippen molar-refractivity contribution in [2.75, 3.05) is 5.09 Å². The first-order valence-electron chi connectivity index (χ1n) is 9.76. The highest BCUT2D eigenvalue weighted by Gasteiger charge is 2.20. The molecule has 1 atom stereocenters. The molecule has 0 amide bonds. The highest BCUT2D eigenvalue weighted by Crippen LogP contribution is 2.53. The zero-order valence-corrected chi connectivity index (χ0v) is 19.0. The molecule has 0 bridgehead atoms. The average molecular weight is 464 g/mol. The van der Waals surface area contributed by atoms with Crippen molar-refractivity contribution in [2.45, 2.75) is 0 Å². The summed E-state index contributed by atoms with van der Waals surface area (Å²) in [5.74, 6) is 3.12. The van der Waals surface area contributed by atoms with Crippen LogP contribution in [0.5, 0.6) is 0 Å². The molecule has 1 unspecified atom stereocenters. The third-order valence-electron chi connectivity index (χ3n) is 4.76. The van der Waals surface area contributed by atoms with E-state index in [1.165, 1.54) is 0 Å². The fourth-order valence-corrected chi connectivity index (χ4v) is 6.08. The number of hydrogen-bond acceptors (Lipinski definition) is 1. The van der Waals surface area contributed by atoms with E-state index in [0.29, 0.717) is 10.1 Å². The standard InChI is InChI=1S/C26H20Cl2NOP/c27-25(21-10-3-1-4-11-21)18-31(30,19-26(28)22-12-5-2-6-13-22)29-24-16-15-20-9-7-8-14-23(20)17-24/h1-19H,(H,29,30)/b25-18-,26-19?. The smallest absolute Gasteiger partial charge is 0.216 e. The monoisotopic (exact) mass is 463 g/mol. The Kier molecular flexibility index (Phi) is 6.63. The Morgan fingerprint density at radius 1 is 0.645 bits per heavy atom. The van der Waals surface area contributed by atoms with Crippen molar-refractivity contribution in [3.63, 3.8) is 0 Å². The van der Waals surface area contributed by atoms with Crippen molar-refractivity contribution in [1.29, 1.82) is 0 Å². The minimum atomic E-state index is -3.30. The third kappa shape index (κ3) is 5.48. The first kappa shape index (κ1) is 21.5. The second-order valence-corrected chi connectivity index (χ2v) is 10.0. The first-order chi connectivity index (χ1) is 15.0. The molecular formula is C26H20Cl2NOP. The molecule has 31 heavy (non-hydrogen) atoms. The van der Waals surface area contributed by atoms with E-state index in [4.69, 9.17) is 23.2 Å². The molecule has 5 heteroatoms. The van der Waals surface area contributed by atoms with Crippen LogP contribution >= 0.6 is 30.5 Å². The number of benzene rings is 4. The predicted molar refractivity (Wildman–Crippen MR) is 136 cm³/mol. The van der Waals surface area contributed by atoms with Crippen molar-refractivity contribution in [3.8, 4) is 0 Å². The molecule has 0 aliphatic heterocycles. The highest BCUT2D eigenvalue weighted by molar-refractivity contribution is 7.72. The van der Waals surface area contributed by atoms with Crippen LogP contribution < -0.4 is 5.09 Å². The lowest BCUT2D eigenvalue weighted by atomic mass is 10.1. The van der Waals surface area contributed by atoms with E-state index in [0.717, 1.165) is 27.6 Å². The van der Waals surface area contributed by atoms with E-state index in [1.54, 1.807) is 11.6 Å². The van der Waals surface area contributed by atoms with Gasteiger partial charge in [-0.1, -0.05) is 114 Å². The van der Waals surface area contributed by atoms with Gasteiger partial charge in [-0.2, -0.15) is 0 Å². The van der Waals surface area contributed by atoms with Crippen molar-refractivity contribution in [3.05, 3.63) is 126 Å².